The summed E-state index contributed by atoms with van der Waals surface area (Å²) in [6.45, 7) is 4.52. The van der Waals surface area contributed by atoms with E-state index in [0.717, 1.165) is 17.1 Å². The van der Waals surface area contributed by atoms with Crippen LogP contribution >= 0.6 is 0 Å². The molecule has 3 nitrogen and oxygen atoms in total. The second-order valence-corrected chi connectivity index (χ2v) is 4.92. The molecule has 96 valence electrons. The van der Waals surface area contributed by atoms with Crippen LogP contribution in [0.2, 0.25) is 0 Å². The van der Waals surface area contributed by atoms with Gasteiger partial charge in [-0.2, -0.15) is 0 Å². The Labute approximate surface area is 108 Å². The molecule has 0 saturated heterocycles. The maximum absolute atomic E-state index is 8.94. The molecule has 1 heterocycles. The highest BCUT2D eigenvalue weighted by Gasteiger charge is 2.08. The maximum atomic E-state index is 8.94. The van der Waals surface area contributed by atoms with Crippen molar-refractivity contribution in [3.05, 3.63) is 41.7 Å². The van der Waals surface area contributed by atoms with Crippen LogP contribution in [0.15, 0.2) is 30.5 Å². The lowest BCUT2D eigenvalue weighted by molar-refractivity contribution is 0.298. The third-order valence-corrected chi connectivity index (χ3v) is 3.13. The highest BCUT2D eigenvalue weighted by atomic mass is 16.3. The molecular weight excluding hydrogens is 224 g/mol. The Kier molecular flexibility index (Phi) is 3.82. The van der Waals surface area contributed by atoms with E-state index in [1.165, 1.54) is 5.56 Å². The first-order chi connectivity index (χ1) is 8.61. The molecule has 0 saturated carbocycles. The minimum absolute atomic E-state index is 0.142. The Morgan fingerprint density at radius 1 is 1.22 bits per heavy atom. The number of hydrogen-bond donors (Lipinski definition) is 1. The van der Waals surface area contributed by atoms with Crippen LogP contribution in [-0.2, 0) is 13.5 Å². The van der Waals surface area contributed by atoms with Gasteiger partial charge in [0, 0.05) is 31.8 Å². The number of nitrogens with zero attached hydrogens (tertiary/aromatic N) is 2. The summed E-state index contributed by atoms with van der Waals surface area (Å²) in [6, 6.07) is 8.53. The van der Waals surface area contributed by atoms with Crippen molar-refractivity contribution in [3.8, 4) is 11.4 Å². The van der Waals surface area contributed by atoms with Crippen molar-refractivity contribution in [1.82, 2.24) is 9.55 Å². The van der Waals surface area contributed by atoms with E-state index in [1.54, 1.807) is 0 Å². The molecule has 2 rings (SSSR count). The lowest BCUT2D eigenvalue weighted by Crippen LogP contribution is -1.92. The van der Waals surface area contributed by atoms with Crippen LogP contribution in [0.4, 0.5) is 0 Å². The molecule has 2 aromatic rings. The molecule has 0 aliphatic carbocycles. The quantitative estimate of drug-likeness (QED) is 0.898. The fourth-order valence-corrected chi connectivity index (χ4v) is 2.05. The van der Waals surface area contributed by atoms with Crippen LogP contribution in [0.25, 0.3) is 11.4 Å². The van der Waals surface area contributed by atoms with Crippen molar-refractivity contribution in [2.75, 3.05) is 6.61 Å². The van der Waals surface area contributed by atoms with Gasteiger partial charge in [0.2, 0.25) is 0 Å². The zero-order chi connectivity index (χ0) is 13.1. The molecule has 0 bridgehead atoms. The number of hydrogen-bond acceptors (Lipinski definition) is 2. The van der Waals surface area contributed by atoms with Crippen molar-refractivity contribution in [2.45, 2.75) is 26.2 Å². The Hall–Kier alpha value is -1.61. The summed E-state index contributed by atoms with van der Waals surface area (Å²) in [4.78, 5) is 4.55. The van der Waals surface area contributed by atoms with E-state index in [0.29, 0.717) is 12.3 Å². The first-order valence-electron chi connectivity index (χ1n) is 6.35. The number of aliphatic hydroxyl groups excluding tert-OH is 1. The number of aliphatic hydroxyl groups is 1. The minimum Gasteiger partial charge on any atom is -0.396 e. The molecule has 1 aromatic heterocycles. The molecule has 0 atom stereocenters. The van der Waals surface area contributed by atoms with Gasteiger partial charge in [-0.3, -0.25) is 0 Å². The third-order valence-electron chi connectivity index (χ3n) is 3.13. The Balaban J connectivity index is 2.30. The van der Waals surface area contributed by atoms with E-state index >= 15 is 0 Å². The number of rotatable bonds is 4. The largest absolute Gasteiger partial charge is 0.396 e. The van der Waals surface area contributed by atoms with Crippen LogP contribution in [0.5, 0.6) is 0 Å². The Morgan fingerprint density at radius 2 is 1.89 bits per heavy atom. The van der Waals surface area contributed by atoms with Crippen LogP contribution in [-0.4, -0.2) is 21.3 Å². The van der Waals surface area contributed by atoms with E-state index in [9.17, 15) is 0 Å². The molecule has 3 heteroatoms. The summed E-state index contributed by atoms with van der Waals surface area (Å²) in [5.74, 6) is 1.50. The van der Waals surface area contributed by atoms with Gasteiger partial charge < -0.3 is 9.67 Å². The summed E-state index contributed by atoms with van der Waals surface area (Å²) in [5, 5.41) is 8.94. The number of aryl methyl sites for hydroxylation is 1. The normalized spacial score (nSPS) is 11.2. The van der Waals surface area contributed by atoms with Gasteiger partial charge in [0.15, 0.2) is 0 Å². The summed E-state index contributed by atoms with van der Waals surface area (Å²) in [5.41, 5.74) is 3.39. The van der Waals surface area contributed by atoms with Crippen molar-refractivity contribution in [2.24, 2.45) is 7.05 Å². The summed E-state index contributed by atoms with van der Waals surface area (Å²) in [7, 11) is 1.99. The van der Waals surface area contributed by atoms with Gasteiger partial charge in [-0.15, -0.1) is 0 Å². The van der Waals surface area contributed by atoms with Crippen LogP contribution in [0.3, 0.4) is 0 Å². The predicted molar refractivity (Wildman–Crippen MR) is 73.5 cm³/mol. The van der Waals surface area contributed by atoms with Gasteiger partial charge in [0.05, 0.1) is 5.69 Å². The Morgan fingerprint density at radius 3 is 2.44 bits per heavy atom. The van der Waals surface area contributed by atoms with Crippen molar-refractivity contribution >= 4 is 0 Å². The SMILES string of the molecule is CC(C)c1ccc(-c2nc(CCO)cn2C)cc1. The molecule has 0 fully saturated rings. The van der Waals surface area contributed by atoms with Crippen molar-refractivity contribution in [3.63, 3.8) is 0 Å². The molecule has 1 N–H and O–H groups in total. The lowest BCUT2D eigenvalue weighted by atomic mass is 10.0. The van der Waals surface area contributed by atoms with Crippen molar-refractivity contribution < 1.29 is 5.11 Å². The lowest BCUT2D eigenvalue weighted by Gasteiger charge is -2.06. The zero-order valence-corrected chi connectivity index (χ0v) is 11.2. The van der Waals surface area contributed by atoms with Crippen molar-refractivity contribution in [1.29, 1.82) is 0 Å². The monoisotopic (exact) mass is 244 g/mol. The van der Waals surface area contributed by atoms with E-state index < -0.39 is 0 Å². The Bertz CT molecular complexity index is 512. The number of aromatic nitrogens is 2. The van der Waals surface area contributed by atoms with E-state index in [4.69, 9.17) is 5.11 Å². The fraction of sp³-hybridized carbons (Fsp3) is 0.400. The molecule has 0 aliphatic rings. The van der Waals surface area contributed by atoms with Crippen LogP contribution in [0.1, 0.15) is 31.0 Å². The van der Waals surface area contributed by atoms with Gasteiger partial charge in [-0.1, -0.05) is 38.1 Å². The first-order valence-corrected chi connectivity index (χ1v) is 6.35. The second-order valence-electron chi connectivity index (χ2n) is 4.92. The number of benzene rings is 1. The molecule has 1 aromatic carbocycles. The van der Waals surface area contributed by atoms with E-state index in [1.807, 2.05) is 17.8 Å². The summed E-state index contributed by atoms with van der Waals surface area (Å²) in [6.07, 6.45) is 2.58. The van der Waals surface area contributed by atoms with Gasteiger partial charge in [-0.25, -0.2) is 4.98 Å². The van der Waals surface area contributed by atoms with Gasteiger partial charge in [-0.05, 0) is 11.5 Å². The first kappa shape index (κ1) is 12.8. The summed E-state index contributed by atoms with van der Waals surface area (Å²) >= 11 is 0. The summed E-state index contributed by atoms with van der Waals surface area (Å²) < 4.78 is 2.01. The molecule has 0 spiro atoms. The van der Waals surface area contributed by atoms with Gasteiger partial charge >= 0.3 is 0 Å². The molecular formula is C15H20N2O. The topological polar surface area (TPSA) is 38.1 Å². The molecule has 18 heavy (non-hydrogen) atoms. The molecule has 0 aliphatic heterocycles. The van der Waals surface area contributed by atoms with E-state index in [-0.39, 0.29) is 6.61 Å². The average molecular weight is 244 g/mol. The molecule has 0 unspecified atom stereocenters. The maximum Gasteiger partial charge on any atom is 0.139 e. The third kappa shape index (κ3) is 2.62. The van der Waals surface area contributed by atoms with Gasteiger partial charge in [0.1, 0.15) is 5.82 Å². The fourth-order valence-electron chi connectivity index (χ4n) is 2.05. The smallest absolute Gasteiger partial charge is 0.139 e. The highest BCUT2D eigenvalue weighted by molar-refractivity contribution is 5.56. The minimum atomic E-state index is 0.142. The standard InChI is InChI=1S/C15H20N2O/c1-11(2)12-4-6-13(7-5-12)15-16-14(8-9-18)10-17(15)3/h4-7,10-11,18H,8-9H2,1-3H3. The second kappa shape index (κ2) is 5.36. The van der Waals surface area contributed by atoms with Crippen LogP contribution < -0.4 is 0 Å². The zero-order valence-electron chi connectivity index (χ0n) is 11.2. The highest BCUT2D eigenvalue weighted by Crippen LogP contribution is 2.22. The predicted octanol–water partition coefficient (Wildman–Crippen LogP) is 2.75. The average Bonchev–Trinajstić information content (AvgIpc) is 2.71. The molecule has 0 amide bonds. The number of imidazole rings is 1. The van der Waals surface area contributed by atoms with E-state index in [2.05, 4.69) is 43.1 Å². The van der Waals surface area contributed by atoms with Crippen LogP contribution in [0, 0.1) is 0 Å². The molecule has 0 radical (unpaired) electrons. The van der Waals surface area contributed by atoms with Gasteiger partial charge in [0.25, 0.3) is 0 Å².